The molecule has 0 saturated heterocycles. The molecule has 0 radical (unpaired) electrons. The number of carbonyl (C=O) groups excluding carboxylic acids is 1. The first-order valence-corrected chi connectivity index (χ1v) is 9.22. The summed E-state index contributed by atoms with van der Waals surface area (Å²) >= 11 is 0. The van der Waals surface area contributed by atoms with E-state index >= 15 is 0 Å². The van der Waals surface area contributed by atoms with Gasteiger partial charge in [-0.2, -0.15) is 0 Å². The number of hydrogen-bond acceptors (Lipinski definition) is 3. The molecule has 1 fully saturated rings. The highest BCUT2D eigenvalue weighted by Gasteiger charge is 2.36. The van der Waals surface area contributed by atoms with Crippen LogP contribution in [0.4, 0.5) is 8.78 Å². The topological polar surface area (TPSA) is 62.2 Å². The zero-order chi connectivity index (χ0) is 19.8. The van der Waals surface area contributed by atoms with Gasteiger partial charge in [0.05, 0.1) is 17.7 Å². The number of para-hydroxylation sites is 1. The number of aliphatic hydroxyl groups excluding tert-OH is 1. The molecule has 6 heteroatoms. The molecule has 0 bridgehead atoms. The van der Waals surface area contributed by atoms with Gasteiger partial charge >= 0.3 is 0 Å². The molecule has 0 spiro atoms. The number of hydrogen-bond donors (Lipinski definition) is 2. The lowest BCUT2D eigenvalue weighted by molar-refractivity contribution is 0.0234. The average molecular weight is 382 g/mol. The number of rotatable bonds is 4. The van der Waals surface area contributed by atoms with Crippen LogP contribution in [0.5, 0.6) is 0 Å². The van der Waals surface area contributed by atoms with Gasteiger partial charge in [0, 0.05) is 11.6 Å². The molecule has 1 saturated carbocycles. The number of benzene rings is 2. The third-order valence-corrected chi connectivity index (χ3v) is 5.39. The van der Waals surface area contributed by atoms with Crippen LogP contribution in [0.25, 0.3) is 10.9 Å². The predicted molar refractivity (Wildman–Crippen MR) is 102 cm³/mol. The molecule has 1 aromatic heterocycles. The Morgan fingerprint density at radius 1 is 1.21 bits per heavy atom. The van der Waals surface area contributed by atoms with Crippen LogP contribution < -0.4 is 5.32 Å². The van der Waals surface area contributed by atoms with E-state index in [1.54, 1.807) is 6.20 Å². The second-order valence-corrected chi connectivity index (χ2v) is 7.35. The molecule has 4 nitrogen and oxygen atoms in total. The van der Waals surface area contributed by atoms with Crippen molar-refractivity contribution in [3.8, 4) is 0 Å². The van der Waals surface area contributed by atoms with Gasteiger partial charge in [-0.3, -0.25) is 9.78 Å². The van der Waals surface area contributed by atoms with Crippen molar-refractivity contribution in [2.75, 3.05) is 0 Å². The van der Waals surface area contributed by atoms with Gasteiger partial charge in [-0.1, -0.05) is 24.3 Å². The standard InChI is InChI=1S/C22H20F2N2O2/c1-12-6-7-17(23)19(20(12)24)22(28)26-21(14-9-16(27)10-14)15-8-13-4-2-3-5-18(13)25-11-15/h2-8,11,14,16,21,27H,9-10H2,1H3,(H,26,28)/t14?,16?,21-/m1/s1. The number of halogens is 2. The molecule has 1 amide bonds. The summed E-state index contributed by atoms with van der Waals surface area (Å²) < 4.78 is 28.5. The van der Waals surface area contributed by atoms with E-state index in [0.717, 1.165) is 22.5 Å². The van der Waals surface area contributed by atoms with Crippen molar-refractivity contribution in [2.45, 2.75) is 31.9 Å². The third-order valence-electron chi connectivity index (χ3n) is 5.39. The monoisotopic (exact) mass is 382 g/mol. The second kappa shape index (κ2) is 7.28. The molecule has 1 heterocycles. The van der Waals surface area contributed by atoms with Crippen LogP contribution in [0.2, 0.25) is 0 Å². The van der Waals surface area contributed by atoms with Crippen molar-refractivity contribution in [3.05, 3.63) is 77.0 Å². The molecule has 0 aliphatic heterocycles. The van der Waals surface area contributed by atoms with Crippen LogP contribution in [0.15, 0.2) is 48.7 Å². The average Bonchev–Trinajstić information content (AvgIpc) is 2.67. The van der Waals surface area contributed by atoms with Crippen LogP contribution in [0.3, 0.4) is 0 Å². The van der Waals surface area contributed by atoms with Crippen LogP contribution in [0, 0.1) is 24.5 Å². The van der Waals surface area contributed by atoms with E-state index in [9.17, 15) is 18.7 Å². The highest BCUT2D eigenvalue weighted by Crippen LogP contribution is 2.38. The number of pyridine rings is 1. The fourth-order valence-electron chi connectivity index (χ4n) is 3.71. The first-order valence-electron chi connectivity index (χ1n) is 9.22. The van der Waals surface area contributed by atoms with Gasteiger partial charge in [-0.25, -0.2) is 8.78 Å². The fraction of sp³-hybridized carbons (Fsp3) is 0.273. The van der Waals surface area contributed by atoms with Crippen LogP contribution in [-0.4, -0.2) is 22.1 Å². The molecule has 0 unspecified atom stereocenters. The van der Waals surface area contributed by atoms with Crippen LogP contribution >= 0.6 is 0 Å². The predicted octanol–water partition coefficient (Wildman–Crippen LogP) is 4.06. The number of aliphatic hydroxyl groups is 1. The van der Waals surface area contributed by atoms with Gasteiger partial charge in [-0.05, 0) is 55.0 Å². The lowest BCUT2D eigenvalue weighted by atomic mass is 9.75. The Morgan fingerprint density at radius 2 is 1.96 bits per heavy atom. The minimum Gasteiger partial charge on any atom is -0.393 e. The molecule has 4 rings (SSSR count). The highest BCUT2D eigenvalue weighted by atomic mass is 19.1. The van der Waals surface area contributed by atoms with E-state index in [1.165, 1.54) is 13.0 Å². The Morgan fingerprint density at radius 3 is 2.71 bits per heavy atom. The van der Waals surface area contributed by atoms with E-state index in [4.69, 9.17) is 0 Å². The summed E-state index contributed by atoms with van der Waals surface area (Å²) in [4.78, 5) is 17.2. The SMILES string of the molecule is Cc1ccc(F)c(C(=O)N[C@@H](c2cnc3ccccc3c2)C2CC(O)C2)c1F. The number of carbonyl (C=O) groups is 1. The van der Waals surface area contributed by atoms with Crippen molar-refractivity contribution >= 4 is 16.8 Å². The van der Waals surface area contributed by atoms with E-state index in [-0.39, 0.29) is 11.5 Å². The Bertz CT molecular complexity index is 1050. The number of nitrogens with one attached hydrogen (secondary N) is 1. The molecule has 2 aromatic carbocycles. The Balaban J connectivity index is 1.69. The largest absolute Gasteiger partial charge is 0.393 e. The summed E-state index contributed by atoms with van der Waals surface area (Å²) in [6.45, 7) is 1.48. The number of nitrogens with zero attached hydrogens (tertiary/aromatic N) is 1. The Kier molecular flexibility index (Phi) is 4.81. The summed E-state index contributed by atoms with van der Waals surface area (Å²) in [5.41, 5.74) is 1.19. The van der Waals surface area contributed by atoms with Gasteiger partial charge in [0.25, 0.3) is 5.91 Å². The van der Waals surface area contributed by atoms with Crippen molar-refractivity contribution in [1.82, 2.24) is 10.3 Å². The first kappa shape index (κ1) is 18.5. The minimum absolute atomic E-state index is 0.0298. The highest BCUT2D eigenvalue weighted by molar-refractivity contribution is 5.95. The fourth-order valence-corrected chi connectivity index (χ4v) is 3.71. The van der Waals surface area contributed by atoms with E-state index in [2.05, 4.69) is 10.3 Å². The summed E-state index contributed by atoms with van der Waals surface area (Å²) in [7, 11) is 0. The van der Waals surface area contributed by atoms with Crippen molar-refractivity contribution in [2.24, 2.45) is 5.92 Å². The van der Waals surface area contributed by atoms with Gasteiger partial charge < -0.3 is 10.4 Å². The zero-order valence-electron chi connectivity index (χ0n) is 15.3. The van der Waals surface area contributed by atoms with E-state index in [1.807, 2.05) is 30.3 Å². The maximum atomic E-state index is 14.4. The number of aromatic nitrogens is 1. The van der Waals surface area contributed by atoms with Crippen molar-refractivity contribution in [3.63, 3.8) is 0 Å². The van der Waals surface area contributed by atoms with E-state index in [0.29, 0.717) is 12.8 Å². The molecule has 2 N–H and O–H groups in total. The Hall–Kier alpha value is -2.86. The first-order chi connectivity index (χ1) is 13.4. The van der Waals surface area contributed by atoms with Gasteiger partial charge in [0.1, 0.15) is 17.2 Å². The van der Waals surface area contributed by atoms with Gasteiger partial charge in [0.15, 0.2) is 0 Å². The molecule has 144 valence electrons. The van der Waals surface area contributed by atoms with Crippen LogP contribution in [-0.2, 0) is 0 Å². The normalized spacial score (nSPS) is 19.9. The number of aryl methyl sites for hydroxylation is 1. The van der Waals surface area contributed by atoms with Gasteiger partial charge in [-0.15, -0.1) is 0 Å². The summed E-state index contributed by atoms with van der Waals surface area (Å²) in [6, 6.07) is 11.4. The molecule has 28 heavy (non-hydrogen) atoms. The minimum atomic E-state index is -0.898. The molecular formula is C22H20F2N2O2. The lowest BCUT2D eigenvalue weighted by Crippen LogP contribution is -2.42. The van der Waals surface area contributed by atoms with Crippen molar-refractivity contribution in [1.29, 1.82) is 0 Å². The molecule has 1 atom stereocenters. The summed E-state index contributed by atoms with van der Waals surface area (Å²) in [6.07, 6.45) is 2.26. The summed E-state index contributed by atoms with van der Waals surface area (Å²) in [5, 5.41) is 13.4. The second-order valence-electron chi connectivity index (χ2n) is 7.35. The molecule has 1 aliphatic rings. The maximum absolute atomic E-state index is 14.4. The number of fused-ring (bicyclic) bond motifs is 1. The number of amides is 1. The molecular weight excluding hydrogens is 362 g/mol. The summed E-state index contributed by atoms with van der Waals surface area (Å²) in [5.74, 6) is -2.60. The maximum Gasteiger partial charge on any atom is 0.257 e. The Labute approximate surface area is 161 Å². The lowest BCUT2D eigenvalue weighted by Gasteiger charge is -2.38. The van der Waals surface area contributed by atoms with Crippen LogP contribution in [0.1, 0.15) is 40.4 Å². The zero-order valence-corrected chi connectivity index (χ0v) is 15.3. The third kappa shape index (κ3) is 3.36. The molecule has 3 aromatic rings. The smallest absolute Gasteiger partial charge is 0.257 e. The van der Waals surface area contributed by atoms with Crippen molar-refractivity contribution < 1.29 is 18.7 Å². The van der Waals surface area contributed by atoms with E-state index < -0.39 is 35.3 Å². The molecule has 1 aliphatic carbocycles. The van der Waals surface area contributed by atoms with Gasteiger partial charge in [0.2, 0.25) is 0 Å². The quantitative estimate of drug-likeness (QED) is 0.715.